The van der Waals surface area contributed by atoms with E-state index in [1.807, 2.05) is 0 Å². The lowest BCUT2D eigenvalue weighted by atomic mass is 10.2. The number of hydrogen-bond acceptors (Lipinski definition) is 6. The molecule has 106 valence electrons. The van der Waals surface area contributed by atoms with Gasteiger partial charge in [-0.2, -0.15) is 0 Å². The molecule has 0 bridgehead atoms. The Labute approximate surface area is 115 Å². The first-order valence-corrected chi connectivity index (χ1v) is 5.76. The first-order chi connectivity index (χ1) is 9.62. The second-order valence-corrected chi connectivity index (χ2v) is 3.88. The Bertz CT molecular complexity index is 637. The molecule has 0 saturated heterocycles. The van der Waals surface area contributed by atoms with E-state index in [4.69, 9.17) is 15.2 Å². The molecule has 0 aliphatic heterocycles. The molecule has 0 amide bonds. The lowest BCUT2D eigenvalue weighted by Crippen LogP contribution is -2.08. The second kappa shape index (κ2) is 5.52. The highest BCUT2D eigenvalue weighted by Gasteiger charge is 2.19. The van der Waals surface area contributed by atoms with Gasteiger partial charge >= 0.3 is 5.97 Å². The van der Waals surface area contributed by atoms with E-state index in [9.17, 15) is 4.79 Å². The van der Waals surface area contributed by atoms with Crippen molar-refractivity contribution in [3.63, 3.8) is 0 Å². The molecule has 0 spiro atoms. The maximum absolute atomic E-state index is 11.5. The molecular formula is C13H15N3O4. The summed E-state index contributed by atoms with van der Waals surface area (Å²) >= 11 is 0. The summed E-state index contributed by atoms with van der Waals surface area (Å²) in [6.07, 6.45) is 1.43. The Hall–Kier alpha value is -2.70. The first kappa shape index (κ1) is 13.7. The van der Waals surface area contributed by atoms with Gasteiger partial charge in [0.25, 0.3) is 0 Å². The molecule has 2 rings (SSSR count). The van der Waals surface area contributed by atoms with Crippen LogP contribution in [0.15, 0.2) is 24.5 Å². The maximum Gasteiger partial charge on any atom is 0.360 e. The fraction of sp³-hybridized carbons (Fsp3) is 0.231. The van der Waals surface area contributed by atoms with Gasteiger partial charge in [0.05, 0.1) is 27.0 Å². The molecule has 1 aromatic heterocycles. The Balaban J connectivity index is 2.56. The van der Waals surface area contributed by atoms with Crippen LogP contribution in [-0.4, -0.2) is 36.8 Å². The topological polar surface area (TPSA) is 88.6 Å². The number of nitrogens with two attached hydrogens (primary N) is 1. The minimum absolute atomic E-state index is 0.0531. The molecule has 0 aliphatic carbocycles. The van der Waals surface area contributed by atoms with Crippen LogP contribution in [0.3, 0.4) is 0 Å². The Morgan fingerprint density at radius 1 is 1.25 bits per heavy atom. The van der Waals surface area contributed by atoms with E-state index in [1.165, 1.54) is 18.0 Å². The van der Waals surface area contributed by atoms with Crippen LogP contribution in [-0.2, 0) is 4.74 Å². The van der Waals surface area contributed by atoms with Crippen molar-refractivity contribution in [1.29, 1.82) is 0 Å². The number of nitrogens with zero attached hydrogens (tertiary/aromatic N) is 2. The van der Waals surface area contributed by atoms with Crippen molar-refractivity contribution in [3.05, 3.63) is 30.2 Å². The van der Waals surface area contributed by atoms with Crippen LogP contribution in [0.5, 0.6) is 11.5 Å². The first-order valence-electron chi connectivity index (χ1n) is 5.76. The van der Waals surface area contributed by atoms with Crippen molar-refractivity contribution >= 4 is 11.8 Å². The van der Waals surface area contributed by atoms with Gasteiger partial charge < -0.3 is 19.9 Å². The number of aromatic nitrogens is 2. The quantitative estimate of drug-likeness (QED) is 0.846. The normalized spacial score (nSPS) is 10.2. The summed E-state index contributed by atoms with van der Waals surface area (Å²) in [6, 6.07) is 5.24. The second-order valence-electron chi connectivity index (χ2n) is 3.88. The number of methoxy groups -OCH3 is 3. The number of carbonyl (C=O) groups is 1. The zero-order chi connectivity index (χ0) is 14.7. The van der Waals surface area contributed by atoms with E-state index in [-0.39, 0.29) is 11.5 Å². The van der Waals surface area contributed by atoms with Gasteiger partial charge in [0.1, 0.15) is 23.6 Å². The molecule has 7 nitrogen and oxygen atoms in total. The van der Waals surface area contributed by atoms with Gasteiger partial charge in [-0.05, 0) is 12.1 Å². The van der Waals surface area contributed by atoms with Crippen LogP contribution in [0.2, 0.25) is 0 Å². The number of rotatable bonds is 4. The number of imidazole rings is 1. The lowest BCUT2D eigenvalue weighted by molar-refractivity contribution is 0.0596. The van der Waals surface area contributed by atoms with Crippen LogP contribution in [0.25, 0.3) is 5.69 Å². The van der Waals surface area contributed by atoms with Crippen molar-refractivity contribution < 1.29 is 19.0 Å². The molecule has 1 heterocycles. The number of anilines is 1. The van der Waals surface area contributed by atoms with E-state index in [0.717, 1.165) is 0 Å². The van der Waals surface area contributed by atoms with Crippen LogP contribution in [0.4, 0.5) is 5.82 Å². The van der Waals surface area contributed by atoms with Crippen LogP contribution < -0.4 is 15.2 Å². The molecule has 0 atom stereocenters. The lowest BCUT2D eigenvalue weighted by Gasteiger charge is -2.12. The van der Waals surface area contributed by atoms with Crippen molar-refractivity contribution in [2.75, 3.05) is 27.1 Å². The van der Waals surface area contributed by atoms with Gasteiger partial charge in [0, 0.05) is 6.07 Å². The third-order valence-corrected chi connectivity index (χ3v) is 2.83. The third kappa shape index (κ3) is 2.25. The molecular weight excluding hydrogens is 262 g/mol. The van der Waals surface area contributed by atoms with Crippen LogP contribution in [0.1, 0.15) is 10.5 Å². The molecule has 0 unspecified atom stereocenters. The van der Waals surface area contributed by atoms with E-state index < -0.39 is 5.97 Å². The number of hydrogen-bond donors (Lipinski definition) is 1. The van der Waals surface area contributed by atoms with Crippen molar-refractivity contribution in [2.45, 2.75) is 0 Å². The molecule has 0 radical (unpaired) electrons. The smallest absolute Gasteiger partial charge is 0.360 e. The van der Waals surface area contributed by atoms with Crippen LogP contribution in [0, 0.1) is 0 Å². The number of nitrogen functional groups attached to an aromatic ring is 1. The van der Waals surface area contributed by atoms with Gasteiger partial charge in [-0.3, -0.25) is 4.57 Å². The average Bonchev–Trinajstić information content (AvgIpc) is 2.87. The van der Waals surface area contributed by atoms with Gasteiger partial charge in [0.15, 0.2) is 5.69 Å². The maximum atomic E-state index is 11.5. The summed E-state index contributed by atoms with van der Waals surface area (Å²) < 4.78 is 16.6. The summed E-state index contributed by atoms with van der Waals surface area (Å²) in [4.78, 5) is 15.5. The fourth-order valence-electron chi connectivity index (χ4n) is 1.79. The Kier molecular flexibility index (Phi) is 3.79. The number of ether oxygens (including phenoxy) is 3. The van der Waals surface area contributed by atoms with E-state index in [0.29, 0.717) is 17.2 Å². The summed E-state index contributed by atoms with van der Waals surface area (Å²) in [5, 5.41) is 0. The average molecular weight is 277 g/mol. The molecule has 0 fully saturated rings. The van der Waals surface area contributed by atoms with Gasteiger partial charge in [-0.1, -0.05) is 0 Å². The predicted octanol–water partition coefficient (Wildman–Crippen LogP) is 1.26. The molecule has 2 aromatic rings. The van der Waals surface area contributed by atoms with E-state index >= 15 is 0 Å². The SMILES string of the molecule is COC(=O)c1ncn(-c2cc(OC)ccc2OC)c1N. The molecule has 1 aromatic carbocycles. The Morgan fingerprint density at radius 3 is 2.60 bits per heavy atom. The minimum atomic E-state index is -0.594. The number of carbonyl (C=O) groups excluding carboxylic acids is 1. The highest BCUT2D eigenvalue weighted by molar-refractivity contribution is 5.92. The Morgan fingerprint density at radius 2 is 2.00 bits per heavy atom. The zero-order valence-electron chi connectivity index (χ0n) is 11.4. The van der Waals surface area contributed by atoms with E-state index in [1.54, 1.807) is 32.4 Å². The molecule has 7 heteroatoms. The van der Waals surface area contributed by atoms with Gasteiger partial charge in [0.2, 0.25) is 0 Å². The van der Waals surface area contributed by atoms with Crippen molar-refractivity contribution in [3.8, 4) is 17.2 Å². The summed E-state index contributed by atoms with van der Waals surface area (Å²) in [5.41, 5.74) is 6.60. The van der Waals surface area contributed by atoms with Gasteiger partial charge in [-0.25, -0.2) is 9.78 Å². The molecule has 2 N–H and O–H groups in total. The third-order valence-electron chi connectivity index (χ3n) is 2.83. The summed E-state index contributed by atoms with van der Waals surface area (Å²) in [6.45, 7) is 0. The van der Waals surface area contributed by atoms with E-state index in [2.05, 4.69) is 9.72 Å². The van der Waals surface area contributed by atoms with Gasteiger partial charge in [-0.15, -0.1) is 0 Å². The predicted molar refractivity (Wildman–Crippen MR) is 72.4 cm³/mol. The summed E-state index contributed by atoms with van der Waals surface area (Å²) in [7, 11) is 4.37. The zero-order valence-corrected chi connectivity index (χ0v) is 11.4. The molecule has 0 saturated carbocycles. The minimum Gasteiger partial charge on any atom is -0.497 e. The van der Waals surface area contributed by atoms with Crippen LogP contribution >= 0.6 is 0 Å². The fourth-order valence-corrected chi connectivity index (χ4v) is 1.79. The number of benzene rings is 1. The largest absolute Gasteiger partial charge is 0.497 e. The highest BCUT2D eigenvalue weighted by atomic mass is 16.5. The highest BCUT2D eigenvalue weighted by Crippen LogP contribution is 2.30. The van der Waals surface area contributed by atoms with Crippen molar-refractivity contribution in [1.82, 2.24) is 9.55 Å². The standard InChI is InChI=1S/C13H15N3O4/c1-18-8-4-5-10(19-2)9(6-8)16-7-15-11(12(16)14)13(17)20-3/h4-7H,14H2,1-3H3. The van der Waals surface area contributed by atoms with Crippen molar-refractivity contribution in [2.24, 2.45) is 0 Å². The summed E-state index contributed by atoms with van der Waals surface area (Å²) in [5.74, 6) is 0.784. The molecule has 20 heavy (non-hydrogen) atoms. The molecule has 0 aliphatic rings. The monoisotopic (exact) mass is 277 g/mol. The number of esters is 1.